The van der Waals surface area contributed by atoms with E-state index in [0.29, 0.717) is 11.6 Å². The Bertz CT molecular complexity index is 2950. The largest absolute Gasteiger partial charge is 0.460 e. The van der Waals surface area contributed by atoms with Gasteiger partial charge in [-0.2, -0.15) is 0 Å². The van der Waals surface area contributed by atoms with Gasteiger partial charge in [-0.15, -0.1) is 20.4 Å². The van der Waals surface area contributed by atoms with Gasteiger partial charge in [-0.25, -0.2) is 31.6 Å². The van der Waals surface area contributed by atoms with Crippen LogP contribution in [0.25, 0.3) is 23.0 Å². The SMILES string of the molecule is CC(C)n1c(-c2ncc(Cl)cc2NS(=O)(=O)c2ccc(C(C)(C)C)cc2)nnc1C(C)(C)O.CCOC(=O)c1nnc(-c2ncc(Cl)cc2NS(=O)(=O)c2ccc(C(C)(C)C)cc2)n1C(C)C. The molecule has 360 valence electrons. The first-order valence-corrected chi connectivity index (χ1v) is 25.1. The molecule has 6 rings (SSSR count). The van der Waals surface area contributed by atoms with E-state index in [1.165, 1.54) is 24.5 Å². The highest BCUT2D eigenvalue weighted by Gasteiger charge is 2.31. The van der Waals surface area contributed by atoms with Crippen LogP contribution in [-0.2, 0) is 41.2 Å². The summed E-state index contributed by atoms with van der Waals surface area (Å²) in [6.45, 7) is 24.9. The summed E-state index contributed by atoms with van der Waals surface area (Å²) in [4.78, 5) is 21.2. The predicted molar refractivity (Wildman–Crippen MR) is 260 cm³/mol. The summed E-state index contributed by atoms with van der Waals surface area (Å²) < 4.78 is 66.2. The third kappa shape index (κ3) is 12.4. The number of esters is 1. The number of aromatic nitrogens is 8. The highest BCUT2D eigenvalue weighted by atomic mass is 35.5. The number of carbonyl (C=O) groups excluding carboxylic acids is 1. The molecule has 21 heteroatoms. The number of nitrogens with one attached hydrogen (secondary N) is 2. The van der Waals surface area contributed by atoms with Crippen LogP contribution in [0.4, 0.5) is 11.4 Å². The second kappa shape index (κ2) is 20.0. The van der Waals surface area contributed by atoms with Crippen LogP contribution in [0.15, 0.2) is 82.8 Å². The second-order valence-corrected chi connectivity index (χ2v) is 23.0. The fraction of sp³-hybridized carbons (Fsp3) is 0.413. The number of hydrogen-bond donors (Lipinski definition) is 3. The highest BCUT2D eigenvalue weighted by molar-refractivity contribution is 7.93. The van der Waals surface area contributed by atoms with Gasteiger partial charge in [0, 0.05) is 24.5 Å². The van der Waals surface area contributed by atoms with E-state index in [-0.39, 0.29) is 83.8 Å². The zero-order valence-corrected chi connectivity index (χ0v) is 43.0. The van der Waals surface area contributed by atoms with Gasteiger partial charge in [-0.3, -0.25) is 14.0 Å². The first-order chi connectivity index (χ1) is 31.0. The zero-order valence-electron chi connectivity index (χ0n) is 39.8. The molecule has 0 unspecified atom stereocenters. The molecule has 4 heterocycles. The van der Waals surface area contributed by atoms with Gasteiger partial charge in [0.25, 0.3) is 20.0 Å². The fourth-order valence-electron chi connectivity index (χ4n) is 6.70. The van der Waals surface area contributed by atoms with E-state index in [9.17, 15) is 26.7 Å². The van der Waals surface area contributed by atoms with Gasteiger partial charge < -0.3 is 14.4 Å². The number of rotatable bonds is 13. The lowest BCUT2D eigenvalue weighted by atomic mass is 9.87. The molecule has 0 atom stereocenters. The molecule has 4 aromatic heterocycles. The van der Waals surface area contributed by atoms with Crippen LogP contribution < -0.4 is 9.44 Å². The van der Waals surface area contributed by atoms with Gasteiger partial charge in [0.2, 0.25) is 5.82 Å². The van der Waals surface area contributed by atoms with Crippen LogP contribution in [0.1, 0.15) is 130 Å². The van der Waals surface area contributed by atoms with E-state index in [1.54, 1.807) is 78.4 Å². The molecule has 0 bridgehead atoms. The molecular weight excluding hydrogens is 940 g/mol. The van der Waals surface area contributed by atoms with Crippen molar-refractivity contribution in [3.63, 3.8) is 0 Å². The van der Waals surface area contributed by atoms with Gasteiger partial charge in [0.15, 0.2) is 17.5 Å². The van der Waals surface area contributed by atoms with Crippen molar-refractivity contribution in [2.45, 2.75) is 128 Å². The summed E-state index contributed by atoms with van der Waals surface area (Å²) in [6.07, 6.45) is 2.78. The third-order valence-corrected chi connectivity index (χ3v) is 13.3. The number of hydrogen-bond acceptors (Lipinski definition) is 13. The monoisotopic (exact) mass is 996 g/mol. The molecule has 2 aromatic carbocycles. The van der Waals surface area contributed by atoms with Crippen molar-refractivity contribution in [2.24, 2.45) is 0 Å². The number of nitrogens with zero attached hydrogens (tertiary/aromatic N) is 8. The number of pyridine rings is 2. The Balaban J connectivity index is 0.000000251. The van der Waals surface area contributed by atoms with E-state index in [0.717, 1.165) is 11.1 Å². The molecule has 0 amide bonds. The number of aliphatic hydroxyl groups is 1. The maximum absolute atomic E-state index is 13.2. The Morgan fingerprint density at radius 2 is 1.04 bits per heavy atom. The van der Waals surface area contributed by atoms with Crippen molar-refractivity contribution in [2.75, 3.05) is 16.1 Å². The summed E-state index contributed by atoms with van der Waals surface area (Å²) in [6, 6.07) is 16.0. The van der Waals surface area contributed by atoms with Crippen molar-refractivity contribution in [3.05, 3.63) is 106 Å². The van der Waals surface area contributed by atoms with Gasteiger partial charge in [0.05, 0.1) is 37.8 Å². The summed E-state index contributed by atoms with van der Waals surface area (Å²) in [5.41, 5.74) is 1.27. The molecule has 67 heavy (non-hydrogen) atoms. The van der Waals surface area contributed by atoms with Crippen LogP contribution in [0, 0.1) is 0 Å². The van der Waals surface area contributed by atoms with Crippen LogP contribution in [0.3, 0.4) is 0 Å². The third-order valence-electron chi connectivity index (χ3n) is 10.1. The fourth-order valence-corrected chi connectivity index (χ4v) is 9.13. The maximum atomic E-state index is 13.2. The Labute approximate surface area is 402 Å². The van der Waals surface area contributed by atoms with Gasteiger partial charge in [0.1, 0.15) is 17.0 Å². The molecule has 0 fully saturated rings. The topological polar surface area (TPSA) is 226 Å². The highest BCUT2D eigenvalue weighted by Crippen LogP contribution is 2.35. The molecule has 0 aliphatic carbocycles. The second-order valence-electron chi connectivity index (χ2n) is 18.8. The van der Waals surface area contributed by atoms with E-state index in [2.05, 4.69) is 60.6 Å². The number of halogens is 2. The van der Waals surface area contributed by atoms with Gasteiger partial charge in [-0.1, -0.05) is 89.0 Å². The lowest BCUT2D eigenvalue weighted by Crippen LogP contribution is -2.23. The summed E-state index contributed by atoms with van der Waals surface area (Å²) in [5.74, 6) is 0.228. The van der Waals surface area contributed by atoms with E-state index in [4.69, 9.17) is 27.9 Å². The number of anilines is 2. The molecule has 3 N–H and O–H groups in total. The van der Waals surface area contributed by atoms with E-state index in [1.807, 2.05) is 48.5 Å². The summed E-state index contributed by atoms with van der Waals surface area (Å²) >= 11 is 12.3. The Morgan fingerprint density at radius 1 is 0.657 bits per heavy atom. The van der Waals surface area contributed by atoms with E-state index >= 15 is 0 Å². The van der Waals surface area contributed by atoms with Crippen LogP contribution >= 0.6 is 23.2 Å². The minimum atomic E-state index is -3.97. The number of ether oxygens (including phenoxy) is 1. The van der Waals surface area contributed by atoms with Crippen LogP contribution in [0.2, 0.25) is 10.0 Å². The quantitative estimate of drug-likeness (QED) is 0.0917. The first kappa shape index (κ1) is 52.5. The smallest absolute Gasteiger partial charge is 0.376 e. The Hall–Kier alpha value is -5.47. The lowest BCUT2D eigenvalue weighted by Gasteiger charge is -2.22. The molecule has 0 saturated heterocycles. The van der Waals surface area contributed by atoms with E-state index < -0.39 is 31.6 Å². The van der Waals surface area contributed by atoms with Crippen molar-refractivity contribution in [1.29, 1.82) is 0 Å². The minimum absolute atomic E-state index is 0.00447. The average Bonchev–Trinajstić information content (AvgIpc) is 3.87. The molecule has 0 aliphatic rings. The number of sulfonamides is 2. The Morgan fingerprint density at radius 3 is 1.40 bits per heavy atom. The average molecular weight is 998 g/mol. The summed E-state index contributed by atoms with van der Waals surface area (Å²) in [7, 11) is -7.90. The molecule has 17 nitrogen and oxygen atoms in total. The van der Waals surface area contributed by atoms with Crippen molar-refractivity contribution in [1.82, 2.24) is 39.5 Å². The normalized spacial score (nSPS) is 12.5. The zero-order chi connectivity index (χ0) is 50.0. The van der Waals surface area contributed by atoms with Gasteiger partial charge in [-0.05, 0) is 107 Å². The standard InChI is InChI=1S/C23H28ClN5O4S.C23H30ClN5O3S/c1-7-33-22(30)21-27-26-20(29(21)14(2)3)19-18(12-16(24)13-25-19)28-34(31,32)17-10-8-15(9-11-17)23(4,5)6;1-14(2)29-20(26-27-21(29)23(6,7)30)19-18(12-16(24)13-25-19)28-33(31,32)17-10-8-15(9-11-17)22(3,4)5/h8-14,28H,7H2,1-6H3;8-14,28,30H,1-7H3. The molecule has 0 radical (unpaired) electrons. The molecule has 6 aromatic rings. The lowest BCUT2D eigenvalue weighted by molar-refractivity contribution is 0.0503. The predicted octanol–water partition coefficient (Wildman–Crippen LogP) is 9.75. The number of carbonyl (C=O) groups is 1. The molecular formula is C46H58Cl2N10O7S2. The number of benzene rings is 2. The minimum Gasteiger partial charge on any atom is -0.460 e. The van der Waals surface area contributed by atoms with Gasteiger partial charge >= 0.3 is 5.97 Å². The van der Waals surface area contributed by atoms with Crippen molar-refractivity contribution >= 4 is 60.6 Å². The first-order valence-electron chi connectivity index (χ1n) is 21.3. The molecule has 0 spiro atoms. The summed E-state index contributed by atoms with van der Waals surface area (Å²) in [5, 5.41) is 27.5. The Kier molecular flexibility index (Phi) is 15.7. The van der Waals surface area contributed by atoms with Crippen LogP contribution in [0.5, 0.6) is 0 Å². The van der Waals surface area contributed by atoms with Crippen molar-refractivity contribution in [3.8, 4) is 23.0 Å². The molecule has 0 saturated carbocycles. The van der Waals surface area contributed by atoms with Crippen molar-refractivity contribution < 1.29 is 31.5 Å². The molecule has 0 aliphatic heterocycles. The van der Waals surface area contributed by atoms with Crippen LogP contribution in [-0.4, -0.2) is 74.0 Å². The maximum Gasteiger partial charge on any atom is 0.376 e.